The monoisotopic (exact) mass is 308 g/mol. The highest BCUT2D eigenvalue weighted by molar-refractivity contribution is 6.46. The maximum absolute atomic E-state index is 10.5. The molecular formula is C12H14Cl2O5. The van der Waals surface area contributed by atoms with Crippen LogP contribution in [0, 0.1) is 0 Å². The molecule has 0 aliphatic carbocycles. The maximum Gasteiger partial charge on any atom is 0.336 e. The molecular weight excluding hydrogens is 295 g/mol. The van der Waals surface area contributed by atoms with Crippen LogP contribution in [-0.4, -0.2) is 31.8 Å². The van der Waals surface area contributed by atoms with Crippen LogP contribution in [0.15, 0.2) is 24.3 Å². The molecule has 0 aliphatic heterocycles. The van der Waals surface area contributed by atoms with Crippen LogP contribution in [0.1, 0.15) is 40.5 Å². The van der Waals surface area contributed by atoms with E-state index in [0.29, 0.717) is 6.42 Å². The molecule has 5 nitrogen and oxygen atoms in total. The Kier molecular flexibility index (Phi) is 7.44. The second-order valence-corrected chi connectivity index (χ2v) is 5.02. The van der Waals surface area contributed by atoms with Gasteiger partial charge in [0.05, 0.1) is 11.1 Å². The van der Waals surface area contributed by atoms with Crippen molar-refractivity contribution in [2.45, 2.75) is 24.3 Å². The zero-order chi connectivity index (χ0) is 15.1. The highest BCUT2D eigenvalue weighted by atomic mass is 35.5. The van der Waals surface area contributed by atoms with Gasteiger partial charge in [0.25, 0.3) is 0 Å². The lowest BCUT2D eigenvalue weighted by Gasteiger charge is -2.07. The van der Waals surface area contributed by atoms with Gasteiger partial charge in [-0.1, -0.05) is 48.7 Å². The topological polar surface area (TPSA) is 94.8 Å². The number of carboxylic acids is 2. The molecule has 0 spiro atoms. The summed E-state index contributed by atoms with van der Waals surface area (Å²) in [6.45, 7) is 1.90. The van der Waals surface area contributed by atoms with Gasteiger partial charge in [-0.15, -0.1) is 0 Å². The second kappa shape index (κ2) is 7.99. The van der Waals surface area contributed by atoms with Crippen molar-refractivity contribution in [2.75, 3.05) is 0 Å². The number of aliphatic hydroxyl groups is 1. The normalized spacial score (nSPS) is 10.3. The van der Waals surface area contributed by atoms with Crippen LogP contribution >= 0.6 is 23.2 Å². The van der Waals surface area contributed by atoms with E-state index in [1.165, 1.54) is 24.3 Å². The summed E-state index contributed by atoms with van der Waals surface area (Å²) in [5, 5.41) is 25.7. The summed E-state index contributed by atoms with van der Waals surface area (Å²) in [6, 6.07) is 5.48. The molecule has 3 N–H and O–H groups in total. The Morgan fingerprint density at radius 1 is 1.11 bits per heavy atom. The molecule has 0 bridgehead atoms. The lowest BCUT2D eigenvalue weighted by atomic mass is 10.1. The van der Waals surface area contributed by atoms with Crippen molar-refractivity contribution in [3.63, 3.8) is 0 Å². The smallest absolute Gasteiger partial charge is 0.336 e. The van der Waals surface area contributed by atoms with E-state index in [4.69, 9.17) is 38.5 Å². The molecule has 0 fully saturated rings. The molecule has 0 aromatic heterocycles. The van der Waals surface area contributed by atoms with E-state index in [2.05, 4.69) is 0 Å². The van der Waals surface area contributed by atoms with E-state index in [1.807, 2.05) is 6.92 Å². The Labute approximate surface area is 120 Å². The molecule has 0 amide bonds. The predicted molar refractivity (Wildman–Crippen MR) is 71.9 cm³/mol. The minimum Gasteiger partial charge on any atom is -0.478 e. The summed E-state index contributed by atoms with van der Waals surface area (Å²) in [7, 11) is 0. The Balaban J connectivity index is 0.000000399. The van der Waals surface area contributed by atoms with Gasteiger partial charge in [-0.25, -0.2) is 9.59 Å². The SMILES string of the molecule is CCCC(O)(Cl)Cl.O=C(O)c1ccccc1C(=O)O. The minimum absolute atomic E-state index is 0.190. The molecule has 0 heterocycles. The van der Waals surface area contributed by atoms with E-state index < -0.39 is 16.5 Å². The van der Waals surface area contributed by atoms with Crippen molar-refractivity contribution in [1.82, 2.24) is 0 Å². The zero-order valence-electron chi connectivity index (χ0n) is 10.1. The van der Waals surface area contributed by atoms with Gasteiger partial charge in [-0.05, 0) is 12.1 Å². The number of hydrogen-bond acceptors (Lipinski definition) is 3. The number of rotatable bonds is 4. The van der Waals surface area contributed by atoms with Gasteiger partial charge in [0.15, 0.2) is 0 Å². The van der Waals surface area contributed by atoms with Crippen LogP contribution in [0.25, 0.3) is 0 Å². The van der Waals surface area contributed by atoms with E-state index >= 15 is 0 Å². The Morgan fingerprint density at radius 2 is 1.47 bits per heavy atom. The van der Waals surface area contributed by atoms with Crippen LogP contribution in [0.4, 0.5) is 0 Å². The first-order valence-corrected chi connectivity index (χ1v) is 6.10. The molecule has 1 rings (SSSR count). The maximum atomic E-state index is 10.5. The average molecular weight is 309 g/mol. The van der Waals surface area contributed by atoms with Gasteiger partial charge in [0.1, 0.15) is 0 Å². The van der Waals surface area contributed by atoms with Crippen LogP contribution in [0.2, 0.25) is 0 Å². The van der Waals surface area contributed by atoms with Gasteiger partial charge >= 0.3 is 11.9 Å². The fraction of sp³-hybridized carbons (Fsp3) is 0.333. The predicted octanol–water partition coefficient (Wildman–Crippen LogP) is 2.99. The summed E-state index contributed by atoms with van der Waals surface area (Å²) < 4.78 is -1.51. The molecule has 0 aliphatic rings. The molecule has 1 aromatic rings. The number of aromatic carboxylic acids is 2. The van der Waals surface area contributed by atoms with Gasteiger partial charge in [-0.2, -0.15) is 0 Å². The number of carboxylic acid groups (broad SMARTS) is 2. The van der Waals surface area contributed by atoms with Crippen molar-refractivity contribution in [1.29, 1.82) is 0 Å². The standard InChI is InChI=1S/C8H6O4.C4H8Cl2O/c9-7(10)5-3-1-2-4-6(5)8(11)12;1-2-3-4(5,6)7/h1-4H,(H,9,10)(H,11,12);7H,2-3H2,1H3. The Bertz CT molecular complexity index is 407. The van der Waals surface area contributed by atoms with E-state index in [9.17, 15) is 9.59 Å². The highest BCUT2D eigenvalue weighted by Crippen LogP contribution is 2.21. The first-order valence-electron chi connectivity index (χ1n) is 5.35. The molecule has 19 heavy (non-hydrogen) atoms. The molecule has 0 radical (unpaired) electrons. The molecule has 0 saturated heterocycles. The van der Waals surface area contributed by atoms with Crippen LogP contribution in [-0.2, 0) is 0 Å². The first kappa shape index (κ1) is 17.7. The van der Waals surface area contributed by atoms with Gasteiger partial charge in [0, 0.05) is 6.42 Å². The molecule has 0 unspecified atom stereocenters. The quantitative estimate of drug-likeness (QED) is 0.743. The van der Waals surface area contributed by atoms with Crippen molar-refractivity contribution < 1.29 is 24.9 Å². The van der Waals surface area contributed by atoms with Gasteiger partial charge < -0.3 is 15.3 Å². The van der Waals surface area contributed by atoms with E-state index in [1.54, 1.807) is 0 Å². The summed E-state index contributed by atoms with van der Waals surface area (Å²) >= 11 is 10.3. The largest absolute Gasteiger partial charge is 0.478 e. The third-order valence-corrected chi connectivity index (χ3v) is 2.32. The second-order valence-electron chi connectivity index (χ2n) is 3.57. The number of hydrogen-bond donors (Lipinski definition) is 3. The third-order valence-electron chi connectivity index (χ3n) is 1.94. The third kappa shape index (κ3) is 7.66. The average Bonchev–Trinajstić information content (AvgIpc) is 2.28. The first-order chi connectivity index (χ1) is 8.69. The van der Waals surface area contributed by atoms with Crippen LogP contribution in [0.3, 0.4) is 0 Å². The molecule has 1 aromatic carbocycles. The van der Waals surface area contributed by atoms with Gasteiger partial charge in [-0.3, -0.25) is 0 Å². The molecule has 7 heteroatoms. The Hall–Kier alpha value is -1.30. The molecule has 0 saturated carbocycles. The van der Waals surface area contributed by atoms with Crippen molar-refractivity contribution in [3.8, 4) is 0 Å². The van der Waals surface area contributed by atoms with Crippen molar-refractivity contribution >= 4 is 35.1 Å². The summed E-state index contributed by atoms with van der Waals surface area (Å²) in [5.74, 6) is -2.46. The van der Waals surface area contributed by atoms with E-state index in [-0.39, 0.29) is 11.1 Å². The number of halogens is 2. The van der Waals surface area contributed by atoms with Crippen LogP contribution < -0.4 is 0 Å². The number of benzene rings is 1. The molecule has 0 atom stereocenters. The minimum atomic E-state index is -1.51. The van der Waals surface area contributed by atoms with Crippen molar-refractivity contribution in [2.24, 2.45) is 0 Å². The Morgan fingerprint density at radius 3 is 1.63 bits per heavy atom. The van der Waals surface area contributed by atoms with Gasteiger partial charge in [0.2, 0.25) is 4.52 Å². The summed E-state index contributed by atoms with van der Waals surface area (Å²) in [6.07, 6.45) is 1.22. The van der Waals surface area contributed by atoms with Crippen molar-refractivity contribution in [3.05, 3.63) is 35.4 Å². The fourth-order valence-electron chi connectivity index (χ4n) is 1.16. The fourth-order valence-corrected chi connectivity index (χ4v) is 1.53. The summed E-state index contributed by atoms with van der Waals surface area (Å²) in [5.41, 5.74) is -0.380. The number of carbonyl (C=O) groups is 2. The molecule has 106 valence electrons. The summed E-state index contributed by atoms with van der Waals surface area (Å²) in [4.78, 5) is 20.9. The van der Waals surface area contributed by atoms with Crippen LogP contribution in [0.5, 0.6) is 0 Å². The van der Waals surface area contributed by atoms with E-state index in [0.717, 1.165) is 6.42 Å². The highest BCUT2D eigenvalue weighted by Gasteiger charge is 2.15. The zero-order valence-corrected chi connectivity index (χ0v) is 11.6. The lowest BCUT2D eigenvalue weighted by molar-refractivity contribution is 0.0651. The number of alkyl halides is 2. The lowest BCUT2D eigenvalue weighted by Crippen LogP contribution is -2.08.